The van der Waals surface area contributed by atoms with Crippen LogP contribution >= 0.6 is 11.3 Å². The van der Waals surface area contributed by atoms with E-state index in [1.165, 1.54) is 40.5 Å². The number of hydrogen-bond acceptors (Lipinski definition) is 5. The van der Waals surface area contributed by atoms with Crippen LogP contribution in [0.3, 0.4) is 0 Å². The molecule has 0 radical (unpaired) electrons. The highest BCUT2D eigenvalue weighted by Gasteiger charge is 2.31. The molecular weight excluding hydrogens is 331 g/mol. The van der Waals surface area contributed by atoms with Gasteiger partial charge < -0.3 is 15.4 Å². The number of carbonyl (C=O) groups is 1. The topological polar surface area (TPSA) is 68.5 Å². The fraction of sp³-hybridized carbons (Fsp3) is 0.286. The SMILES string of the molecule is CN(Cc1ccc(OC(F)(F)F)cc1)C(=O)c1csc(CN)n1. The van der Waals surface area contributed by atoms with Crippen LogP contribution in [0.5, 0.6) is 5.75 Å². The van der Waals surface area contributed by atoms with E-state index in [0.29, 0.717) is 16.3 Å². The molecule has 1 aromatic heterocycles. The number of carbonyl (C=O) groups excluding carboxylic acids is 1. The summed E-state index contributed by atoms with van der Waals surface area (Å²) in [6.07, 6.45) is -4.72. The third-order valence-electron chi connectivity index (χ3n) is 2.87. The second-order valence-corrected chi connectivity index (χ2v) is 5.63. The highest BCUT2D eigenvalue weighted by molar-refractivity contribution is 7.09. The van der Waals surface area contributed by atoms with E-state index < -0.39 is 6.36 Å². The Hall–Kier alpha value is -2.13. The number of ether oxygens (including phenoxy) is 1. The van der Waals surface area contributed by atoms with Crippen molar-refractivity contribution in [3.05, 3.63) is 45.9 Å². The largest absolute Gasteiger partial charge is 0.573 e. The van der Waals surface area contributed by atoms with Crippen molar-refractivity contribution >= 4 is 17.2 Å². The third-order valence-corrected chi connectivity index (χ3v) is 3.74. The van der Waals surface area contributed by atoms with Crippen LogP contribution in [0.25, 0.3) is 0 Å². The predicted octanol–water partition coefficient (Wildman–Crippen LogP) is 2.77. The number of benzene rings is 1. The highest BCUT2D eigenvalue weighted by atomic mass is 32.1. The molecule has 0 aliphatic heterocycles. The van der Waals surface area contributed by atoms with Crippen molar-refractivity contribution in [2.75, 3.05) is 7.05 Å². The third kappa shape index (κ3) is 4.93. The van der Waals surface area contributed by atoms with E-state index in [-0.39, 0.29) is 24.7 Å². The molecule has 0 bridgehead atoms. The van der Waals surface area contributed by atoms with Crippen LogP contribution in [-0.4, -0.2) is 29.2 Å². The summed E-state index contributed by atoms with van der Waals surface area (Å²) < 4.78 is 40.1. The van der Waals surface area contributed by atoms with Crippen molar-refractivity contribution in [2.24, 2.45) is 5.73 Å². The molecule has 9 heteroatoms. The van der Waals surface area contributed by atoms with E-state index in [1.807, 2.05) is 0 Å². The zero-order valence-corrected chi connectivity index (χ0v) is 12.9. The number of alkyl halides is 3. The fourth-order valence-corrected chi connectivity index (χ4v) is 2.49. The minimum atomic E-state index is -4.72. The minimum Gasteiger partial charge on any atom is -0.406 e. The summed E-state index contributed by atoms with van der Waals surface area (Å²) in [5.74, 6) is -0.584. The Morgan fingerprint density at radius 2 is 2.00 bits per heavy atom. The quantitative estimate of drug-likeness (QED) is 0.905. The molecular formula is C14H14F3N3O2S. The van der Waals surface area contributed by atoms with E-state index in [0.717, 1.165) is 0 Å². The second-order valence-electron chi connectivity index (χ2n) is 4.68. The molecule has 2 N–H and O–H groups in total. The molecule has 1 amide bonds. The van der Waals surface area contributed by atoms with Gasteiger partial charge >= 0.3 is 6.36 Å². The Balaban J connectivity index is 1.99. The number of thiazole rings is 1. The predicted molar refractivity (Wildman–Crippen MR) is 78.9 cm³/mol. The smallest absolute Gasteiger partial charge is 0.406 e. The van der Waals surface area contributed by atoms with Gasteiger partial charge in [-0.25, -0.2) is 4.98 Å². The number of amides is 1. The van der Waals surface area contributed by atoms with Gasteiger partial charge in [0.2, 0.25) is 0 Å². The molecule has 0 aliphatic rings. The standard InChI is InChI=1S/C14H14F3N3O2S/c1-20(13(21)11-8-23-12(6-18)19-11)7-9-2-4-10(5-3-9)22-14(15,16)17/h2-5,8H,6-7,18H2,1H3. The summed E-state index contributed by atoms with van der Waals surface area (Å²) in [5.41, 5.74) is 6.42. The lowest BCUT2D eigenvalue weighted by molar-refractivity contribution is -0.274. The molecule has 1 aromatic carbocycles. The maximum absolute atomic E-state index is 12.2. The van der Waals surface area contributed by atoms with Crippen molar-refractivity contribution in [3.8, 4) is 5.75 Å². The summed E-state index contributed by atoms with van der Waals surface area (Å²) in [4.78, 5) is 17.7. The maximum Gasteiger partial charge on any atom is 0.573 e. The van der Waals surface area contributed by atoms with Crippen LogP contribution in [0.2, 0.25) is 0 Å². The first-order chi connectivity index (χ1) is 10.8. The van der Waals surface area contributed by atoms with Crippen LogP contribution in [0, 0.1) is 0 Å². The molecule has 0 fully saturated rings. The second kappa shape index (κ2) is 6.97. The summed E-state index contributed by atoms with van der Waals surface area (Å²) in [6.45, 7) is 0.503. The maximum atomic E-state index is 12.2. The average molecular weight is 345 g/mol. The lowest BCUT2D eigenvalue weighted by Gasteiger charge is -2.16. The van der Waals surface area contributed by atoms with Crippen molar-refractivity contribution in [3.63, 3.8) is 0 Å². The monoisotopic (exact) mass is 345 g/mol. The van der Waals surface area contributed by atoms with Crippen molar-refractivity contribution in [1.82, 2.24) is 9.88 Å². The number of nitrogens with zero attached hydrogens (tertiary/aromatic N) is 2. The number of aromatic nitrogens is 1. The van der Waals surface area contributed by atoms with Gasteiger partial charge in [-0.2, -0.15) is 0 Å². The normalized spacial score (nSPS) is 11.3. The summed E-state index contributed by atoms with van der Waals surface area (Å²) in [6, 6.07) is 5.35. The van der Waals surface area contributed by atoms with Gasteiger partial charge in [-0.1, -0.05) is 12.1 Å². The number of hydrogen-bond donors (Lipinski definition) is 1. The Kier molecular flexibility index (Phi) is 5.22. The first kappa shape index (κ1) is 17.2. The van der Waals surface area contributed by atoms with E-state index in [1.54, 1.807) is 12.4 Å². The Morgan fingerprint density at radius 3 is 2.52 bits per heavy atom. The summed E-state index contributed by atoms with van der Waals surface area (Å²) in [5, 5.41) is 2.29. The first-order valence-electron chi connectivity index (χ1n) is 6.53. The zero-order valence-electron chi connectivity index (χ0n) is 12.1. The van der Waals surface area contributed by atoms with Crippen molar-refractivity contribution in [2.45, 2.75) is 19.5 Å². The van der Waals surface area contributed by atoms with Gasteiger partial charge in [0.15, 0.2) is 0 Å². The minimum absolute atomic E-state index is 0.237. The number of nitrogens with two attached hydrogens (primary N) is 1. The summed E-state index contributed by atoms with van der Waals surface area (Å²) in [7, 11) is 1.59. The number of halogens is 3. The molecule has 2 rings (SSSR count). The molecule has 0 saturated heterocycles. The van der Waals surface area contributed by atoms with E-state index in [4.69, 9.17) is 5.73 Å². The molecule has 0 atom stereocenters. The van der Waals surface area contributed by atoms with Gasteiger partial charge in [-0.3, -0.25) is 4.79 Å². The van der Waals surface area contributed by atoms with Crippen molar-refractivity contribution in [1.29, 1.82) is 0 Å². The highest BCUT2D eigenvalue weighted by Crippen LogP contribution is 2.23. The Morgan fingerprint density at radius 1 is 1.35 bits per heavy atom. The Bertz CT molecular complexity index is 671. The molecule has 0 saturated carbocycles. The van der Waals surface area contributed by atoms with E-state index >= 15 is 0 Å². The Labute approximate surface area is 134 Å². The first-order valence-corrected chi connectivity index (χ1v) is 7.41. The summed E-state index contributed by atoms with van der Waals surface area (Å²) >= 11 is 1.30. The molecule has 124 valence electrons. The van der Waals surface area contributed by atoms with Gasteiger partial charge in [0.25, 0.3) is 5.91 Å². The molecule has 5 nitrogen and oxygen atoms in total. The molecule has 23 heavy (non-hydrogen) atoms. The van der Waals surface area contributed by atoms with Crippen LogP contribution in [0.4, 0.5) is 13.2 Å². The zero-order chi connectivity index (χ0) is 17.0. The lowest BCUT2D eigenvalue weighted by atomic mass is 10.2. The van der Waals surface area contributed by atoms with Gasteiger partial charge in [-0.15, -0.1) is 24.5 Å². The van der Waals surface area contributed by atoms with Gasteiger partial charge in [0, 0.05) is 25.5 Å². The lowest BCUT2D eigenvalue weighted by Crippen LogP contribution is -2.26. The van der Waals surface area contributed by atoms with E-state index in [9.17, 15) is 18.0 Å². The molecule has 2 aromatic rings. The molecule has 0 spiro atoms. The van der Waals surface area contributed by atoms with Crippen LogP contribution < -0.4 is 10.5 Å². The van der Waals surface area contributed by atoms with Crippen LogP contribution in [-0.2, 0) is 13.1 Å². The molecule has 1 heterocycles. The number of rotatable bonds is 5. The molecule has 0 aliphatic carbocycles. The van der Waals surface area contributed by atoms with Crippen LogP contribution in [0.15, 0.2) is 29.6 Å². The molecule has 0 unspecified atom stereocenters. The van der Waals surface area contributed by atoms with Gasteiger partial charge in [-0.05, 0) is 17.7 Å². The van der Waals surface area contributed by atoms with Crippen LogP contribution in [0.1, 0.15) is 21.1 Å². The van der Waals surface area contributed by atoms with E-state index in [2.05, 4.69) is 9.72 Å². The average Bonchev–Trinajstić information content (AvgIpc) is 2.96. The van der Waals surface area contributed by atoms with Crippen molar-refractivity contribution < 1.29 is 22.7 Å². The van der Waals surface area contributed by atoms with Gasteiger partial charge in [0.1, 0.15) is 16.5 Å². The van der Waals surface area contributed by atoms with Gasteiger partial charge in [0.05, 0.1) is 0 Å². The fourth-order valence-electron chi connectivity index (χ4n) is 1.84.